The number of rotatable bonds is 4. The van der Waals surface area contributed by atoms with Gasteiger partial charge >= 0.3 is 0 Å². The van der Waals surface area contributed by atoms with Crippen LogP contribution < -0.4 is 0 Å². The van der Waals surface area contributed by atoms with E-state index in [-0.39, 0.29) is 6.10 Å². The molecule has 116 valence electrons. The normalized spacial score (nSPS) is 21.6. The number of hydrogen-bond donors (Lipinski definition) is 0. The molecular weight excluding hydrogens is 284 g/mol. The van der Waals surface area contributed by atoms with Crippen molar-refractivity contribution in [1.82, 2.24) is 0 Å². The Balaban J connectivity index is 2.43. The van der Waals surface area contributed by atoms with Gasteiger partial charge in [0, 0.05) is 0 Å². The molecule has 1 aliphatic heterocycles. The molecule has 0 spiro atoms. The van der Waals surface area contributed by atoms with Gasteiger partial charge in [-0.25, -0.2) is 8.42 Å². The first-order valence-corrected chi connectivity index (χ1v) is 8.82. The van der Waals surface area contributed by atoms with E-state index in [4.69, 9.17) is 4.74 Å². The van der Waals surface area contributed by atoms with Crippen molar-refractivity contribution < 1.29 is 13.2 Å². The second kappa shape index (κ2) is 5.58. The van der Waals surface area contributed by atoms with E-state index in [0.29, 0.717) is 22.1 Å². The smallest absolute Gasteiger partial charge is 0.205 e. The maximum atomic E-state index is 12.9. The molecule has 0 saturated heterocycles. The van der Waals surface area contributed by atoms with Gasteiger partial charge in [0.25, 0.3) is 0 Å². The summed E-state index contributed by atoms with van der Waals surface area (Å²) in [6.07, 6.45) is 2.11. The maximum absolute atomic E-state index is 12.9. The first-order chi connectivity index (χ1) is 9.62. The third-order valence-corrected chi connectivity index (χ3v) is 5.47. The van der Waals surface area contributed by atoms with Crippen LogP contribution in [0.15, 0.2) is 40.1 Å². The quantitative estimate of drug-likeness (QED) is 0.848. The predicted molar refractivity (Wildman–Crippen MR) is 84.9 cm³/mol. The van der Waals surface area contributed by atoms with Gasteiger partial charge in [-0.2, -0.15) is 0 Å². The molecule has 1 atom stereocenters. The Kier molecular flexibility index (Phi) is 4.31. The summed E-state index contributed by atoms with van der Waals surface area (Å²) in [7, 11) is -3.49. The van der Waals surface area contributed by atoms with E-state index >= 15 is 0 Å². The molecule has 0 radical (unpaired) electrons. The van der Waals surface area contributed by atoms with Crippen LogP contribution in [-0.2, 0) is 14.6 Å². The molecule has 0 aromatic heterocycles. The van der Waals surface area contributed by atoms with E-state index in [1.54, 1.807) is 18.2 Å². The molecule has 0 amide bonds. The highest BCUT2D eigenvalue weighted by molar-refractivity contribution is 7.95. The van der Waals surface area contributed by atoms with Crippen LogP contribution in [0.5, 0.6) is 0 Å². The molecule has 0 fully saturated rings. The van der Waals surface area contributed by atoms with Crippen LogP contribution in [0.3, 0.4) is 0 Å². The average molecular weight is 308 g/mol. The molecule has 0 bridgehead atoms. The lowest BCUT2D eigenvalue weighted by Gasteiger charge is -2.22. The van der Waals surface area contributed by atoms with E-state index in [1.807, 2.05) is 32.9 Å². The Morgan fingerprint density at radius 3 is 2.29 bits per heavy atom. The van der Waals surface area contributed by atoms with Crippen molar-refractivity contribution in [1.29, 1.82) is 0 Å². The molecule has 1 aliphatic rings. The zero-order valence-corrected chi connectivity index (χ0v) is 14.2. The summed E-state index contributed by atoms with van der Waals surface area (Å²) < 4.78 is 31.7. The number of ether oxygens (including phenoxy) is 1. The Hall–Kier alpha value is -1.13. The van der Waals surface area contributed by atoms with Crippen molar-refractivity contribution in [2.45, 2.75) is 57.6 Å². The predicted octanol–water partition coefficient (Wildman–Crippen LogP) is 3.88. The summed E-state index contributed by atoms with van der Waals surface area (Å²) in [4.78, 5) is 0.749. The first kappa shape index (κ1) is 16.2. The topological polar surface area (TPSA) is 43.4 Å². The fourth-order valence-corrected chi connectivity index (χ4v) is 4.29. The highest BCUT2D eigenvalue weighted by Crippen LogP contribution is 2.37. The van der Waals surface area contributed by atoms with Crippen molar-refractivity contribution in [2.24, 2.45) is 5.92 Å². The third kappa shape index (κ3) is 3.55. The van der Waals surface area contributed by atoms with Gasteiger partial charge < -0.3 is 4.74 Å². The van der Waals surface area contributed by atoms with E-state index in [0.717, 1.165) is 5.56 Å². The number of hydrogen-bond acceptors (Lipinski definition) is 3. The number of sulfone groups is 1. The van der Waals surface area contributed by atoms with E-state index in [2.05, 4.69) is 13.8 Å². The molecule has 21 heavy (non-hydrogen) atoms. The van der Waals surface area contributed by atoms with Gasteiger partial charge in [0.1, 0.15) is 0 Å². The van der Waals surface area contributed by atoms with Crippen molar-refractivity contribution in [3.8, 4) is 0 Å². The summed E-state index contributed by atoms with van der Waals surface area (Å²) in [6, 6.07) is 6.99. The van der Waals surface area contributed by atoms with Gasteiger partial charge in [0.2, 0.25) is 9.84 Å². The Labute approximate surface area is 127 Å². The van der Waals surface area contributed by atoms with Gasteiger partial charge in [-0.1, -0.05) is 31.5 Å². The molecule has 4 heteroatoms. The summed E-state index contributed by atoms with van der Waals surface area (Å²) in [6.45, 7) is 9.89. The Bertz CT molecular complexity index is 637. The molecule has 1 heterocycles. The lowest BCUT2D eigenvalue weighted by molar-refractivity contribution is -0.00773. The Morgan fingerprint density at radius 2 is 1.76 bits per heavy atom. The van der Waals surface area contributed by atoms with Crippen LogP contribution in [0.2, 0.25) is 0 Å². The molecule has 0 saturated carbocycles. The lowest BCUT2D eigenvalue weighted by atomic mass is 10.1. The molecule has 2 rings (SSSR count). The van der Waals surface area contributed by atoms with Crippen LogP contribution in [0.4, 0.5) is 0 Å². The standard InChI is InChI=1S/C17H24O3S/c1-12(2)10-15-16(11-17(4,5)20-15)21(18,19)14-8-6-13(3)7-9-14/h6-9,11-12,15H,10H2,1-5H3. The first-order valence-electron chi connectivity index (χ1n) is 7.34. The zero-order chi connectivity index (χ0) is 15.8. The van der Waals surface area contributed by atoms with E-state index in [9.17, 15) is 8.42 Å². The van der Waals surface area contributed by atoms with Gasteiger partial charge in [-0.05, 0) is 51.3 Å². The van der Waals surface area contributed by atoms with Gasteiger partial charge in [0.05, 0.1) is 21.5 Å². The fraction of sp³-hybridized carbons (Fsp3) is 0.529. The largest absolute Gasteiger partial charge is 0.363 e. The minimum atomic E-state index is -3.49. The summed E-state index contributed by atoms with van der Waals surface area (Å²) in [5.41, 5.74) is 0.511. The van der Waals surface area contributed by atoms with Crippen molar-refractivity contribution in [3.63, 3.8) is 0 Å². The molecule has 1 aromatic carbocycles. The van der Waals surface area contributed by atoms with Crippen molar-refractivity contribution in [3.05, 3.63) is 40.8 Å². The molecule has 1 unspecified atom stereocenters. The highest BCUT2D eigenvalue weighted by atomic mass is 32.2. The fourth-order valence-electron chi connectivity index (χ4n) is 2.59. The minimum Gasteiger partial charge on any atom is -0.363 e. The van der Waals surface area contributed by atoms with E-state index in [1.165, 1.54) is 0 Å². The minimum absolute atomic E-state index is 0.342. The van der Waals surface area contributed by atoms with Gasteiger partial charge in [-0.3, -0.25) is 0 Å². The SMILES string of the molecule is Cc1ccc(S(=O)(=O)C2=CC(C)(C)OC2CC(C)C)cc1. The van der Waals surface area contributed by atoms with Gasteiger partial charge in [-0.15, -0.1) is 0 Å². The maximum Gasteiger partial charge on any atom is 0.205 e. The van der Waals surface area contributed by atoms with E-state index < -0.39 is 15.4 Å². The molecule has 3 nitrogen and oxygen atoms in total. The highest BCUT2D eigenvalue weighted by Gasteiger charge is 2.39. The number of aryl methyl sites for hydroxylation is 1. The summed E-state index contributed by atoms with van der Waals surface area (Å²) in [5.74, 6) is 0.375. The van der Waals surface area contributed by atoms with Gasteiger partial charge in [0.15, 0.2) is 0 Å². The summed E-state index contributed by atoms with van der Waals surface area (Å²) >= 11 is 0. The molecule has 0 aliphatic carbocycles. The summed E-state index contributed by atoms with van der Waals surface area (Å²) in [5, 5.41) is 0. The zero-order valence-electron chi connectivity index (χ0n) is 13.4. The average Bonchev–Trinajstić information content (AvgIpc) is 2.64. The van der Waals surface area contributed by atoms with Crippen LogP contribution >= 0.6 is 0 Å². The molecule has 1 aromatic rings. The number of benzene rings is 1. The van der Waals surface area contributed by atoms with Crippen LogP contribution in [-0.4, -0.2) is 20.1 Å². The molecular formula is C17H24O3S. The van der Waals surface area contributed by atoms with Crippen LogP contribution in [0.25, 0.3) is 0 Å². The third-order valence-electron chi connectivity index (χ3n) is 3.58. The van der Waals surface area contributed by atoms with Crippen molar-refractivity contribution >= 4 is 9.84 Å². The monoisotopic (exact) mass is 308 g/mol. The lowest BCUT2D eigenvalue weighted by Crippen LogP contribution is -2.24. The Morgan fingerprint density at radius 1 is 1.19 bits per heavy atom. The molecule has 0 N–H and O–H groups in total. The second-order valence-electron chi connectivity index (χ2n) is 6.70. The van der Waals surface area contributed by atoms with Crippen LogP contribution in [0, 0.1) is 12.8 Å². The van der Waals surface area contributed by atoms with Crippen molar-refractivity contribution in [2.75, 3.05) is 0 Å². The van der Waals surface area contributed by atoms with Crippen LogP contribution in [0.1, 0.15) is 39.7 Å². The second-order valence-corrected chi connectivity index (χ2v) is 8.65.